The molecule has 101 valence electrons. The first-order chi connectivity index (χ1) is 8.59. The number of fused-ring (bicyclic) bond motifs is 1. The third-order valence-electron chi connectivity index (χ3n) is 5.10. The largest absolute Gasteiger partial charge is 0.479 e. The summed E-state index contributed by atoms with van der Waals surface area (Å²) in [6.45, 7) is 0. The molecular formula is C14H21O4. The fourth-order valence-corrected chi connectivity index (χ4v) is 3.91. The monoisotopic (exact) mass is 253 g/mol. The van der Waals surface area contributed by atoms with Crippen molar-refractivity contribution < 1.29 is 19.7 Å². The van der Waals surface area contributed by atoms with Crippen LogP contribution in [0.2, 0.25) is 0 Å². The van der Waals surface area contributed by atoms with Crippen molar-refractivity contribution in [1.29, 1.82) is 0 Å². The maximum absolute atomic E-state index is 12.5. The Bertz CT molecular complexity index is 343. The first kappa shape index (κ1) is 12.4. The summed E-state index contributed by atoms with van der Waals surface area (Å²) in [6, 6.07) is 0. The number of carboxylic acids is 1. The van der Waals surface area contributed by atoms with Crippen molar-refractivity contribution in [2.75, 3.05) is 0 Å². The fraction of sp³-hybridized carbons (Fsp3) is 0.929. The number of carbonyl (C=O) groups is 1. The standard InChI is InChI=1S/C14H21O4/c15-13(16)14(17)6-2-1-3-10(14)7-9-4-5-11-12(8-9)18-11/h9-12H,1-8H2,(H,15,16). The molecule has 3 fully saturated rings. The lowest BCUT2D eigenvalue weighted by molar-refractivity contribution is -0.182. The number of rotatable bonds is 3. The van der Waals surface area contributed by atoms with Gasteiger partial charge < -0.3 is 9.84 Å². The maximum Gasteiger partial charge on any atom is 0.339 e. The Morgan fingerprint density at radius 1 is 1.22 bits per heavy atom. The minimum absolute atomic E-state index is 0.177. The van der Waals surface area contributed by atoms with Crippen LogP contribution in [-0.4, -0.2) is 28.9 Å². The lowest BCUT2D eigenvalue weighted by Gasteiger charge is -2.37. The van der Waals surface area contributed by atoms with Crippen LogP contribution in [0.1, 0.15) is 51.4 Å². The number of hydrogen-bond donors (Lipinski definition) is 1. The zero-order chi connectivity index (χ0) is 12.8. The van der Waals surface area contributed by atoms with E-state index in [1.807, 2.05) is 0 Å². The Balaban J connectivity index is 1.63. The van der Waals surface area contributed by atoms with Gasteiger partial charge in [-0.15, -0.1) is 0 Å². The number of carboxylic acid groups (broad SMARTS) is 1. The minimum Gasteiger partial charge on any atom is -0.479 e. The van der Waals surface area contributed by atoms with Crippen LogP contribution >= 0.6 is 0 Å². The van der Waals surface area contributed by atoms with Gasteiger partial charge >= 0.3 is 5.97 Å². The van der Waals surface area contributed by atoms with Gasteiger partial charge in [-0.1, -0.05) is 6.42 Å². The predicted octanol–water partition coefficient (Wildman–Crippen LogP) is 2.39. The summed E-state index contributed by atoms with van der Waals surface area (Å²) in [6.07, 6.45) is 7.81. The Kier molecular flexibility index (Phi) is 3.10. The van der Waals surface area contributed by atoms with Gasteiger partial charge in [-0.2, -0.15) is 0 Å². The van der Waals surface area contributed by atoms with Gasteiger partial charge in [-0.05, 0) is 50.9 Å². The molecule has 5 unspecified atom stereocenters. The molecule has 2 saturated carbocycles. The topological polar surface area (TPSA) is 69.7 Å². The van der Waals surface area contributed by atoms with E-state index in [1.54, 1.807) is 0 Å². The summed E-state index contributed by atoms with van der Waals surface area (Å²) in [5.74, 6) is -0.808. The molecule has 3 rings (SSSR count). The van der Waals surface area contributed by atoms with Crippen LogP contribution in [0.25, 0.3) is 0 Å². The highest BCUT2D eigenvalue weighted by Gasteiger charge is 2.50. The molecule has 18 heavy (non-hydrogen) atoms. The van der Waals surface area contributed by atoms with Crippen molar-refractivity contribution in [2.45, 2.75) is 69.2 Å². The van der Waals surface area contributed by atoms with Gasteiger partial charge in [0.05, 0.1) is 12.2 Å². The summed E-state index contributed by atoms with van der Waals surface area (Å²) >= 11 is 0. The first-order valence-corrected chi connectivity index (χ1v) is 7.19. The molecule has 0 amide bonds. The summed E-state index contributed by atoms with van der Waals surface area (Å²) < 4.78 is 5.50. The first-order valence-electron chi connectivity index (χ1n) is 7.19. The van der Waals surface area contributed by atoms with Crippen LogP contribution in [0.4, 0.5) is 0 Å². The average Bonchev–Trinajstić information content (AvgIpc) is 3.10. The lowest BCUT2D eigenvalue weighted by atomic mass is 9.69. The fourth-order valence-electron chi connectivity index (χ4n) is 3.91. The van der Waals surface area contributed by atoms with Crippen LogP contribution in [0.3, 0.4) is 0 Å². The van der Waals surface area contributed by atoms with Gasteiger partial charge in [0.2, 0.25) is 5.60 Å². The molecule has 1 radical (unpaired) electrons. The number of epoxide rings is 1. The van der Waals surface area contributed by atoms with Gasteiger partial charge in [0.25, 0.3) is 0 Å². The molecule has 1 heterocycles. The van der Waals surface area contributed by atoms with E-state index in [-0.39, 0.29) is 5.92 Å². The summed E-state index contributed by atoms with van der Waals surface area (Å²) in [5, 5.41) is 21.7. The van der Waals surface area contributed by atoms with E-state index >= 15 is 0 Å². The van der Waals surface area contributed by atoms with E-state index in [4.69, 9.17) is 4.74 Å². The molecular weight excluding hydrogens is 232 g/mol. The zero-order valence-corrected chi connectivity index (χ0v) is 10.6. The van der Waals surface area contributed by atoms with E-state index in [1.165, 1.54) is 0 Å². The third-order valence-corrected chi connectivity index (χ3v) is 5.10. The normalized spacial score (nSPS) is 47.4. The summed E-state index contributed by atoms with van der Waals surface area (Å²) in [5.41, 5.74) is -1.72. The quantitative estimate of drug-likeness (QED) is 0.785. The van der Waals surface area contributed by atoms with Crippen molar-refractivity contribution in [1.82, 2.24) is 0 Å². The molecule has 2 aliphatic carbocycles. The Morgan fingerprint density at radius 3 is 2.78 bits per heavy atom. The minimum atomic E-state index is -1.72. The number of hydrogen-bond acceptors (Lipinski definition) is 2. The van der Waals surface area contributed by atoms with Crippen molar-refractivity contribution in [3.8, 4) is 0 Å². The molecule has 0 aromatic heterocycles. The lowest BCUT2D eigenvalue weighted by Crippen LogP contribution is -2.47. The maximum atomic E-state index is 12.5. The highest BCUT2D eigenvalue weighted by molar-refractivity contribution is 5.77. The van der Waals surface area contributed by atoms with E-state index in [2.05, 4.69) is 0 Å². The summed E-state index contributed by atoms with van der Waals surface area (Å²) in [4.78, 5) is 11.3. The average molecular weight is 253 g/mol. The van der Waals surface area contributed by atoms with Crippen molar-refractivity contribution in [3.05, 3.63) is 0 Å². The second kappa shape index (κ2) is 4.49. The van der Waals surface area contributed by atoms with Crippen molar-refractivity contribution in [3.63, 3.8) is 0 Å². The highest BCUT2D eigenvalue weighted by Crippen LogP contribution is 2.45. The molecule has 4 nitrogen and oxygen atoms in total. The molecule has 3 aliphatic rings. The molecule has 0 aromatic rings. The number of ether oxygens (including phenoxy) is 1. The van der Waals surface area contributed by atoms with Crippen molar-refractivity contribution in [2.24, 2.45) is 11.8 Å². The van der Waals surface area contributed by atoms with Crippen LogP contribution in [0, 0.1) is 11.8 Å². The Morgan fingerprint density at radius 2 is 2.06 bits per heavy atom. The van der Waals surface area contributed by atoms with E-state index < -0.39 is 11.6 Å². The van der Waals surface area contributed by atoms with Crippen LogP contribution in [0.15, 0.2) is 0 Å². The smallest absolute Gasteiger partial charge is 0.339 e. The third kappa shape index (κ3) is 2.16. The SMILES string of the molecule is [O]C1(C(=O)O)CCCCC1CC1CCC2OC2C1. The van der Waals surface area contributed by atoms with E-state index in [9.17, 15) is 15.0 Å². The Hall–Kier alpha value is -0.610. The van der Waals surface area contributed by atoms with Gasteiger partial charge in [-0.3, -0.25) is 0 Å². The summed E-state index contributed by atoms with van der Waals surface area (Å²) in [7, 11) is 0. The molecule has 0 aromatic carbocycles. The van der Waals surface area contributed by atoms with Gasteiger partial charge in [0.15, 0.2) is 0 Å². The Labute approximate surface area is 107 Å². The zero-order valence-electron chi connectivity index (χ0n) is 10.6. The predicted molar refractivity (Wildman–Crippen MR) is 63.6 cm³/mol. The second-order valence-corrected chi connectivity index (χ2v) is 6.27. The molecule has 4 heteroatoms. The van der Waals surface area contributed by atoms with Crippen LogP contribution in [-0.2, 0) is 14.6 Å². The van der Waals surface area contributed by atoms with E-state index in [0.29, 0.717) is 24.5 Å². The number of aliphatic carboxylic acids is 1. The molecule has 0 bridgehead atoms. The molecule has 0 spiro atoms. The van der Waals surface area contributed by atoms with Gasteiger partial charge in [-0.25, -0.2) is 9.90 Å². The van der Waals surface area contributed by atoms with Crippen LogP contribution < -0.4 is 0 Å². The molecule has 1 N–H and O–H groups in total. The molecule has 1 aliphatic heterocycles. The van der Waals surface area contributed by atoms with Crippen molar-refractivity contribution >= 4 is 5.97 Å². The second-order valence-electron chi connectivity index (χ2n) is 6.27. The van der Waals surface area contributed by atoms with Gasteiger partial charge in [0, 0.05) is 5.92 Å². The van der Waals surface area contributed by atoms with Gasteiger partial charge in [0.1, 0.15) is 0 Å². The highest BCUT2D eigenvalue weighted by atomic mass is 16.6. The molecule has 5 atom stereocenters. The van der Waals surface area contributed by atoms with E-state index in [0.717, 1.165) is 44.9 Å². The molecule has 1 saturated heterocycles. The van der Waals surface area contributed by atoms with Crippen LogP contribution in [0.5, 0.6) is 0 Å².